The zero-order valence-corrected chi connectivity index (χ0v) is 7.31. The SMILES string of the molecule is CCOCCCC=C(C)C. The summed E-state index contributed by atoms with van der Waals surface area (Å²) in [7, 11) is 0. The Morgan fingerprint density at radius 2 is 2.10 bits per heavy atom. The molecule has 0 aromatic carbocycles. The standard InChI is InChI=1S/C9H18O/c1-4-10-8-6-5-7-9(2)3/h7H,4-6,8H2,1-3H3. The molecule has 0 N–H and O–H groups in total. The van der Waals surface area contributed by atoms with E-state index in [-0.39, 0.29) is 0 Å². The second kappa shape index (κ2) is 6.81. The molecule has 0 aliphatic heterocycles. The fourth-order valence-electron chi connectivity index (χ4n) is 0.720. The summed E-state index contributed by atoms with van der Waals surface area (Å²) in [5.41, 5.74) is 1.40. The van der Waals surface area contributed by atoms with Gasteiger partial charge in [-0.15, -0.1) is 0 Å². The molecule has 0 amide bonds. The van der Waals surface area contributed by atoms with Crippen molar-refractivity contribution in [1.82, 2.24) is 0 Å². The minimum atomic E-state index is 0.842. The second-order valence-electron chi connectivity index (χ2n) is 2.62. The van der Waals surface area contributed by atoms with E-state index in [1.165, 1.54) is 5.57 Å². The molecule has 0 unspecified atom stereocenters. The Balaban J connectivity index is 2.98. The van der Waals surface area contributed by atoms with E-state index in [2.05, 4.69) is 19.9 Å². The minimum absolute atomic E-state index is 0.842. The monoisotopic (exact) mass is 142 g/mol. The maximum absolute atomic E-state index is 5.19. The van der Waals surface area contributed by atoms with E-state index in [0.29, 0.717) is 0 Å². The Kier molecular flexibility index (Phi) is 6.61. The zero-order chi connectivity index (χ0) is 7.82. The molecule has 1 heteroatoms. The van der Waals surface area contributed by atoms with Crippen LogP contribution in [-0.2, 0) is 4.74 Å². The van der Waals surface area contributed by atoms with Gasteiger partial charge in [0.15, 0.2) is 0 Å². The predicted octanol–water partition coefficient (Wildman–Crippen LogP) is 2.77. The minimum Gasteiger partial charge on any atom is -0.382 e. The largest absolute Gasteiger partial charge is 0.382 e. The molecule has 0 heterocycles. The Morgan fingerprint density at radius 3 is 2.60 bits per heavy atom. The van der Waals surface area contributed by atoms with Crippen molar-refractivity contribution in [3.63, 3.8) is 0 Å². The Labute approximate surface area is 64.1 Å². The van der Waals surface area contributed by atoms with Gasteiger partial charge in [0.2, 0.25) is 0 Å². The molecular weight excluding hydrogens is 124 g/mol. The average molecular weight is 142 g/mol. The van der Waals surface area contributed by atoms with Gasteiger partial charge in [-0.1, -0.05) is 11.6 Å². The molecule has 0 aliphatic carbocycles. The van der Waals surface area contributed by atoms with E-state index in [9.17, 15) is 0 Å². The number of rotatable bonds is 5. The second-order valence-corrected chi connectivity index (χ2v) is 2.62. The lowest BCUT2D eigenvalue weighted by atomic mass is 10.2. The molecule has 0 atom stereocenters. The van der Waals surface area contributed by atoms with Crippen molar-refractivity contribution in [2.45, 2.75) is 33.6 Å². The van der Waals surface area contributed by atoms with Gasteiger partial charge in [-0.05, 0) is 33.6 Å². The van der Waals surface area contributed by atoms with Crippen molar-refractivity contribution in [1.29, 1.82) is 0 Å². The van der Waals surface area contributed by atoms with Crippen molar-refractivity contribution in [3.8, 4) is 0 Å². The summed E-state index contributed by atoms with van der Waals surface area (Å²) in [4.78, 5) is 0. The van der Waals surface area contributed by atoms with Crippen molar-refractivity contribution in [2.75, 3.05) is 13.2 Å². The highest BCUT2D eigenvalue weighted by atomic mass is 16.5. The van der Waals surface area contributed by atoms with E-state index in [4.69, 9.17) is 4.74 Å². The first-order valence-corrected chi connectivity index (χ1v) is 3.98. The van der Waals surface area contributed by atoms with Crippen LogP contribution in [0, 0.1) is 0 Å². The maximum atomic E-state index is 5.19. The third-order valence-corrected chi connectivity index (χ3v) is 1.25. The maximum Gasteiger partial charge on any atom is 0.0468 e. The molecule has 0 saturated carbocycles. The molecule has 60 valence electrons. The van der Waals surface area contributed by atoms with Gasteiger partial charge in [0, 0.05) is 13.2 Å². The van der Waals surface area contributed by atoms with Crippen LogP contribution < -0.4 is 0 Å². The summed E-state index contributed by atoms with van der Waals surface area (Å²) >= 11 is 0. The van der Waals surface area contributed by atoms with Crippen molar-refractivity contribution < 1.29 is 4.74 Å². The Morgan fingerprint density at radius 1 is 1.40 bits per heavy atom. The Bertz CT molecular complexity index is 90.9. The van der Waals surface area contributed by atoms with E-state index in [1.807, 2.05) is 6.92 Å². The first-order valence-electron chi connectivity index (χ1n) is 3.98. The van der Waals surface area contributed by atoms with E-state index in [0.717, 1.165) is 26.1 Å². The van der Waals surface area contributed by atoms with Crippen LogP contribution in [0.3, 0.4) is 0 Å². The van der Waals surface area contributed by atoms with Gasteiger partial charge in [0.1, 0.15) is 0 Å². The first kappa shape index (κ1) is 9.70. The fourth-order valence-corrected chi connectivity index (χ4v) is 0.720. The molecule has 0 aliphatic rings. The Hall–Kier alpha value is -0.300. The van der Waals surface area contributed by atoms with Crippen molar-refractivity contribution in [3.05, 3.63) is 11.6 Å². The van der Waals surface area contributed by atoms with Gasteiger partial charge >= 0.3 is 0 Å². The third kappa shape index (κ3) is 7.70. The molecule has 0 aromatic rings. The molecule has 0 fully saturated rings. The number of allylic oxidation sites excluding steroid dienone is 2. The van der Waals surface area contributed by atoms with Crippen LogP contribution in [0.1, 0.15) is 33.6 Å². The molecule has 0 saturated heterocycles. The molecule has 0 spiro atoms. The number of hydrogen-bond acceptors (Lipinski definition) is 1. The molecule has 0 bridgehead atoms. The highest BCUT2D eigenvalue weighted by molar-refractivity contribution is 4.92. The van der Waals surface area contributed by atoms with Crippen LogP contribution in [-0.4, -0.2) is 13.2 Å². The van der Waals surface area contributed by atoms with Gasteiger partial charge in [-0.25, -0.2) is 0 Å². The van der Waals surface area contributed by atoms with Gasteiger partial charge in [0.05, 0.1) is 0 Å². The zero-order valence-electron chi connectivity index (χ0n) is 7.31. The highest BCUT2D eigenvalue weighted by Gasteiger charge is 1.83. The topological polar surface area (TPSA) is 9.23 Å². The van der Waals surface area contributed by atoms with Crippen LogP contribution in [0.25, 0.3) is 0 Å². The first-order chi connectivity index (χ1) is 4.77. The average Bonchev–Trinajstić information content (AvgIpc) is 1.87. The molecule has 0 aromatic heterocycles. The predicted molar refractivity (Wildman–Crippen MR) is 45.2 cm³/mol. The highest BCUT2D eigenvalue weighted by Crippen LogP contribution is 1.96. The van der Waals surface area contributed by atoms with Crippen molar-refractivity contribution >= 4 is 0 Å². The van der Waals surface area contributed by atoms with E-state index < -0.39 is 0 Å². The van der Waals surface area contributed by atoms with Gasteiger partial charge in [-0.3, -0.25) is 0 Å². The van der Waals surface area contributed by atoms with Gasteiger partial charge in [0.25, 0.3) is 0 Å². The number of unbranched alkanes of at least 4 members (excludes halogenated alkanes) is 1. The molecule has 1 nitrogen and oxygen atoms in total. The lowest BCUT2D eigenvalue weighted by Gasteiger charge is -1.97. The quantitative estimate of drug-likeness (QED) is 0.423. The van der Waals surface area contributed by atoms with Crippen LogP contribution in [0.2, 0.25) is 0 Å². The number of hydrogen-bond donors (Lipinski definition) is 0. The van der Waals surface area contributed by atoms with Crippen LogP contribution in [0.15, 0.2) is 11.6 Å². The van der Waals surface area contributed by atoms with Gasteiger partial charge < -0.3 is 4.74 Å². The van der Waals surface area contributed by atoms with Gasteiger partial charge in [-0.2, -0.15) is 0 Å². The molecule has 10 heavy (non-hydrogen) atoms. The summed E-state index contributed by atoms with van der Waals surface area (Å²) in [5.74, 6) is 0. The summed E-state index contributed by atoms with van der Waals surface area (Å²) in [6, 6.07) is 0. The molecule has 0 radical (unpaired) electrons. The van der Waals surface area contributed by atoms with Crippen LogP contribution >= 0.6 is 0 Å². The van der Waals surface area contributed by atoms with E-state index in [1.54, 1.807) is 0 Å². The lowest BCUT2D eigenvalue weighted by molar-refractivity contribution is 0.145. The number of ether oxygens (including phenoxy) is 1. The van der Waals surface area contributed by atoms with Crippen LogP contribution in [0.4, 0.5) is 0 Å². The van der Waals surface area contributed by atoms with Crippen molar-refractivity contribution in [2.24, 2.45) is 0 Å². The lowest BCUT2D eigenvalue weighted by Crippen LogP contribution is -1.91. The molecular formula is C9H18O. The molecule has 0 rings (SSSR count). The summed E-state index contributed by atoms with van der Waals surface area (Å²) < 4.78 is 5.19. The fraction of sp³-hybridized carbons (Fsp3) is 0.778. The summed E-state index contributed by atoms with van der Waals surface area (Å²) in [5, 5.41) is 0. The normalized spacial score (nSPS) is 9.50. The third-order valence-electron chi connectivity index (χ3n) is 1.25. The summed E-state index contributed by atoms with van der Waals surface area (Å²) in [6.07, 6.45) is 4.56. The van der Waals surface area contributed by atoms with Crippen LogP contribution in [0.5, 0.6) is 0 Å². The summed E-state index contributed by atoms with van der Waals surface area (Å²) in [6.45, 7) is 8.03. The van der Waals surface area contributed by atoms with E-state index >= 15 is 0 Å². The smallest absolute Gasteiger partial charge is 0.0468 e.